The topological polar surface area (TPSA) is 109 Å². The molecule has 1 aromatic carbocycles. The Morgan fingerprint density at radius 1 is 1.36 bits per heavy atom. The monoisotopic (exact) mass is 342 g/mol. The van der Waals surface area contributed by atoms with Crippen molar-refractivity contribution in [3.05, 3.63) is 52.2 Å². The molecule has 7 nitrogen and oxygen atoms in total. The van der Waals surface area contributed by atoms with Crippen molar-refractivity contribution in [2.45, 2.75) is 12.0 Å². The number of carbonyl (C=O) groups is 1. The highest BCUT2D eigenvalue weighted by atomic mass is 35.5. The van der Waals surface area contributed by atoms with Crippen LogP contribution in [0.5, 0.6) is 0 Å². The van der Waals surface area contributed by atoms with Crippen molar-refractivity contribution in [3.63, 3.8) is 0 Å². The van der Waals surface area contributed by atoms with Crippen molar-refractivity contribution >= 4 is 33.8 Å². The van der Waals surface area contributed by atoms with Gasteiger partial charge in [0, 0.05) is 0 Å². The van der Waals surface area contributed by atoms with Gasteiger partial charge in [0.1, 0.15) is 5.76 Å². The third-order valence-corrected chi connectivity index (χ3v) is 3.62. The Morgan fingerprint density at radius 2 is 2.09 bits per heavy atom. The highest BCUT2D eigenvalue weighted by Crippen LogP contribution is 2.17. The van der Waals surface area contributed by atoms with Gasteiger partial charge in [-0.1, -0.05) is 17.7 Å². The first-order valence-electron chi connectivity index (χ1n) is 5.94. The van der Waals surface area contributed by atoms with Crippen molar-refractivity contribution in [3.8, 4) is 0 Å². The van der Waals surface area contributed by atoms with Crippen molar-refractivity contribution in [2.75, 3.05) is 0 Å². The molecule has 0 spiro atoms. The van der Waals surface area contributed by atoms with Gasteiger partial charge in [-0.3, -0.25) is 9.35 Å². The Hall–Kier alpha value is -2.16. The molecule has 0 aliphatic rings. The standard InChI is InChI=1S/C13H11ClN2O5S/c1-8-2-4-10(11(14)6-8)13(17)16-15-7-9-3-5-12(21-9)22(18,19)20/h2-7H,1H3,(H,16,17)(H,18,19,20)/b15-7-. The summed E-state index contributed by atoms with van der Waals surface area (Å²) < 4.78 is 35.2. The molecule has 0 aliphatic carbocycles. The van der Waals surface area contributed by atoms with E-state index in [0.29, 0.717) is 5.02 Å². The molecule has 1 aromatic heterocycles. The second kappa shape index (κ2) is 6.30. The van der Waals surface area contributed by atoms with Crippen LogP contribution in [-0.2, 0) is 10.1 Å². The molecular formula is C13H11ClN2O5S. The van der Waals surface area contributed by atoms with Crippen LogP contribution in [-0.4, -0.2) is 25.1 Å². The maximum absolute atomic E-state index is 11.9. The first-order valence-corrected chi connectivity index (χ1v) is 7.76. The highest BCUT2D eigenvalue weighted by molar-refractivity contribution is 7.85. The molecule has 2 N–H and O–H groups in total. The Kier molecular flexibility index (Phi) is 4.65. The minimum atomic E-state index is -4.41. The molecule has 0 radical (unpaired) electrons. The fourth-order valence-corrected chi connectivity index (χ4v) is 2.32. The van der Waals surface area contributed by atoms with E-state index in [1.165, 1.54) is 6.07 Å². The number of aryl methyl sites for hydroxylation is 1. The van der Waals surface area contributed by atoms with E-state index in [4.69, 9.17) is 20.6 Å². The van der Waals surface area contributed by atoms with E-state index in [1.54, 1.807) is 18.2 Å². The molecule has 2 rings (SSSR count). The van der Waals surface area contributed by atoms with Crippen LogP contribution in [0, 0.1) is 6.92 Å². The normalized spacial score (nSPS) is 11.8. The van der Waals surface area contributed by atoms with Crippen LogP contribution >= 0.6 is 11.6 Å². The summed E-state index contributed by atoms with van der Waals surface area (Å²) in [5.74, 6) is -0.481. The predicted octanol–water partition coefficient (Wildman–Crippen LogP) is 2.25. The average Bonchev–Trinajstić information content (AvgIpc) is 2.87. The van der Waals surface area contributed by atoms with Crippen molar-refractivity contribution in [2.24, 2.45) is 5.10 Å². The van der Waals surface area contributed by atoms with Gasteiger partial charge in [0.15, 0.2) is 0 Å². The van der Waals surface area contributed by atoms with E-state index < -0.39 is 21.1 Å². The van der Waals surface area contributed by atoms with Gasteiger partial charge in [0.25, 0.3) is 5.91 Å². The number of amides is 1. The summed E-state index contributed by atoms with van der Waals surface area (Å²) in [7, 11) is -4.41. The fourth-order valence-electron chi connectivity index (χ4n) is 1.56. The van der Waals surface area contributed by atoms with Crippen molar-refractivity contribution < 1.29 is 22.2 Å². The number of nitrogens with one attached hydrogen (secondary N) is 1. The molecule has 2 aromatic rings. The number of hydrogen-bond acceptors (Lipinski definition) is 5. The summed E-state index contributed by atoms with van der Waals surface area (Å²) >= 11 is 5.95. The van der Waals surface area contributed by atoms with E-state index in [-0.39, 0.29) is 11.3 Å². The Bertz CT molecular complexity index is 842. The summed E-state index contributed by atoms with van der Waals surface area (Å²) in [5, 5.41) is 3.31. The van der Waals surface area contributed by atoms with Gasteiger partial charge >= 0.3 is 10.1 Å². The summed E-state index contributed by atoms with van der Waals surface area (Å²) in [6.07, 6.45) is 1.09. The van der Waals surface area contributed by atoms with E-state index in [2.05, 4.69) is 10.5 Å². The second-order valence-electron chi connectivity index (χ2n) is 4.31. The van der Waals surface area contributed by atoms with E-state index in [0.717, 1.165) is 17.8 Å². The molecule has 22 heavy (non-hydrogen) atoms. The first kappa shape index (κ1) is 16.2. The third-order valence-electron chi connectivity index (χ3n) is 2.58. The van der Waals surface area contributed by atoms with Gasteiger partial charge in [0.2, 0.25) is 5.09 Å². The number of carbonyl (C=O) groups excluding carboxylic acids is 1. The number of hydrogen-bond donors (Lipinski definition) is 2. The Labute approximate surface area is 131 Å². The quantitative estimate of drug-likeness (QED) is 0.503. The maximum Gasteiger partial charge on any atom is 0.328 e. The van der Waals surface area contributed by atoms with Crippen LogP contribution in [0.15, 0.2) is 44.9 Å². The highest BCUT2D eigenvalue weighted by Gasteiger charge is 2.14. The molecule has 9 heteroatoms. The van der Waals surface area contributed by atoms with Gasteiger partial charge in [0.05, 0.1) is 16.8 Å². The van der Waals surface area contributed by atoms with E-state index >= 15 is 0 Å². The number of hydrazone groups is 1. The number of benzene rings is 1. The van der Waals surface area contributed by atoms with E-state index in [9.17, 15) is 13.2 Å². The molecule has 0 fully saturated rings. The van der Waals surface area contributed by atoms with Crippen LogP contribution in [0.25, 0.3) is 0 Å². The lowest BCUT2D eigenvalue weighted by atomic mass is 10.1. The van der Waals surface area contributed by atoms with Gasteiger partial charge < -0.3 is 4.42 Å². The average molecular weight is 343 g/mol. The minimum absolute atomic E-state index is 0.0444. The number of halogens is 1. The molecule has 0 saturated heterocycles. The molecule has 1 heterocycles. The summed E-state index contributed by atoms with van der Waals surface area (Å²) in [5.41, 5.74) is 3.40. The molecule has 1 amide bonds. The molecule has 0 bridgehead atoms. The zero-order chi connectivity index (χ0) is 16.3. The number of rotatable bonds is 4. The molecule has 0 saturated carbocycles. The summed E-state index contributed by atoms with van der Waals surface area (Å²) in [4.78, 5) is 11.9. The second-order valence-corrected chi connectivity index (χ2v) is 6.07. The fraction of sp³-hybridized carbons (Fsp3) is 0.0769. The van der Waals surface area contributed by atoms with Crippen LogP contribution in [0.4, 0.5) is 0 Å². The first-order chi connectivity index (χ1) is 10.3. The van der Waals surface area contributed by atoms with Gasteiger partial charge in [-0.15, -0.1) is 0 Å². The molecular weight excluding hydrogens is 332 g/mol. The molecule has 0 aliphatic heterocycles. The van der Waals surface area contributed by atoms with Crippen LogP contribution in [0.3, 0.4) is 0 Å². The van der Waals surface area contributed by atoms with Crippen molar-refractivity contribution in [1.29, 1.82) is 0 Å². The van der Waals surface area contributed by atoms with Crippen LogP contribution in [0.1, 0.15) is 21.7 Å². The lowest BCUT2D eigenvalue weighted by molar-refractivity contribution is 0.0955. The Balaban J connectivity index is 2.06. The molecule has 0 atom stereocenters. The van der Waals surface area contributed by atoms with Gasteiger partial charge in [-0.05, 0) is 36.8 Å². The van der Waals surface area contributed by atoms with Crippen LogP contribution < -0.4 is 5.43 Å². The zero-order valence-electron chi connectivity index (χ0n) is 11.3. The largest absolute Gasteiger partial charge is 0.441 e. The molecule has 116 valence electrons. The van der Waals surface area contributed by atoms with Crippen molar-refractivity contribution in [1.82, 2.24) is 5.43 Å². The Morgan fingerprint density at radius 3 is 2.68 bits per heavy atom. The van der Waals surface area contributed by atoms with Gasteiger partial charge in [-0.2, -0.15) is 13.5 Å². The minimum Gasteiger partial charge on any atom is -0.441 e. The van der Waals surface area contributed by atoms with E-state index in [1.807, 2.05) is 6.92 Å². The summed E-state index contributed by atoms with van der Waals surface area (Å²) in [6, 6.07) is 7.28. The smallest absolute Gasteiger partial charge is 0.328 e. The summed E-state index contributed by atoms with van der Waals surface area (Å²) in [6.45, 7) is 1.84. The lowest BCUT2D eigenvalue weighted by Gasteiger charge is -2.03. The third kappa shape index (κ3) is 3.94. The molecule has 0 unspecified atom stereocenters. The number of furan rings is 1. The SMILES string of the molecule is Cc1ccc(C(=O)N/N=C\c2ccc(S(=O)(=O)O)o2)c(Cl)c1. The van der Waals surface area contributed by atoms with Crippen LogP contribution in [0.2, 0.25) is 5.02 Å². The number of nitrogens with zero attached hydrogens (tertiary/aromatic N) is 1. The van der Waals surface area contributed by atoms with Gasteiger partial charge in [-0.25, -0.2) is 5.43 Å². The maximum atomic E-state index is 11.9. The zero-order valence-corrected chi connectivity index (χ0v) is 12.9. The lowest BCUT2D eigenvalue weighted by Crippen LogP contribution is -2.18. The predicted molar refractivity (Wildman–Crippen MR) is 79.8 cm³/mol.